The number of fused-ring (bicyclic) bond motifs is 1. The van der Waals surface area contributed by atoms with Gasteiger partial charge < -0.3 is 0 Å². The molecule has 0 spiro atoms. The van der Waals surface area contributed by atoms with E-state index in [1.54, 1.807) is 24.3 Å². The van der Waals surface area contributed by atoms with Crippen LogP contribution in [0.25, 0.3) is 0 Å². The first-order valence-electron chi connectivity index (χ1n) is 10.6. The van der Waals surface area contributed by atoms with Crippen LogP contribution in [0.1, 0.15) is 80.0 Å². The van der Waals surface area contributed by atoms with Gasteiger partial charge in [0.05, 0.1) is 0 Å². The first-order valence-corrected chi connectivity index (χ1v) is 17.9. The van der Waals surface area contributed by atoms with Crippen LogP contribution in [0.15, 0.2) is 24.3 Å². The molecule has 6 heteroatoms. The Kier molecular flexibility index (Phi) is 8.98. The molecule has 2 rings (SSSR count). The van der Waals surface area contributed by atoms with Gasteiger partial charge in [-0.25, -0.2) is 0 Å². The fourth-order valence-electron chi connectivity index (χ4n) is 3.81. The van der Waals surface area contributed by atoms with Crippen LogP contribution in [-0.4, -0.2) is 48.0 Å². The summed E-state index contributed by atoms with van der Waals surface area (Å²) >= 11 is -3.10. The van der Waals surface area contributed by atoms with E-state index >= 15 is 0 Å². The minimum absolute atomic E-state index is 0.268. The van der Waals surface area contributed by atoms with Crippen molar-refractivity contribution >= 4 is 36.6 Å². The Hall–Kier alpha value is -1.37. The Morgan fingerprint density at radius 3 is 1.68 bits per heavy atom. The second kappa shape index (κ2) is 11.0. The van der Waals surface area contributed by atoms with Crippen LogP contribution in [0.2, 0.25) is 13.3 Å². The van der Waals surface area contributed by atoms with Crippen molar-refractivity contribution in [2.45, 2.75) is 72.6 Å². The summed E-state index contributed by atoms with van der Waals surface area (Å²) < 4.78 is 9.35. The van der Waals surface area contributed by atoms with Crippen molar-refractivity contribution in [2.75, 3.05) is 6.54 Å². The van der Waals surface area contributed by atoms with E-state index in [1.807, 2.05) is 0 Å². The van der Waals surface area contributed by atoms with Gasteiger partial charge in [0.15, 0.2) is 0 Å². The van der Waals surface area contributed by atoms with Crippen molar-refractivity contribution in [3.8, 4) is 0 Å². The van der Waals surface area contributed by atoms with Gasteiger partial charge in [-0.3, -0.25) is 0 Å². The van der Waals surface area contributed by atoms with E-state index in [9.17, 15) is 14.4 Å². The zero-order chi connectivity index (χ0) is 20.6. The number of hydrogen-bond donors (Lipinski definition) is 0. The van der Waals surface area contributed by atoms with Crippen LogP contribution < -0.4 is 0 Å². The van der Waals surface area contributed by atoms with Gasteiger partial charge in [0.25, 0.3) is 0 Å². The van der Waals surface area contributed by atoms with Crippen molar-refractivity contribution in [1.82, 2.24) is 4.90 Å². The molecule has 0 bridgehead atoms. The molecule has 0 aliphatic carbocycles. The molecule has 1 aliphatic heterocycles. The van der Waals surface area contributed by atoms with E-state index in [0.717, 1.165) is 56.7 Å². The number of hydrogen-bond acceptors (Lipinski definition) is 4. The molecule has 0 radical (unpaired) electrons. The molecule has 154 valence electrons. The van der Waals surface area contributed by atoms with Crippen LogP contribution in [0.4, 0.5) is 0 Å². The molecule has 1 aliphatic rings. The summed E-state index contributed by atoms with van der Waals surface area (Å²) in [6.07, 6.45) is 6.53. The third-order valence-electron chi connectivity index (χ3n) is 5.45. The van der Waals surface area contributed by atoms with Gasteiger partial charge in [-0.15, -0.1) is 0 Å². The third-order valence-corrected chi connectivity index (χ3v) is 18.2. The van der Waals surface area contributed by atoms with E-state index in [0.29, 0.717) is 11.1 Å². The molecular formula is C22H33NO4Sn. The Labute approximate surface area is 173 Å². The van der Waals surface area contributed by atoms with E-state index < -0.39 is 36.6 Å². The van der Waals surface area contributed by atoms with Gasteiger partial charge in [0.1, 0.15) is 0 Å². The molecule has 0 fully saturated rings. The van der Waals surface area contributed by atoms with Crippen molar-refractivity contribution in [3.63, 3.8) is 0 Å². The quantitative estimate of drug-likeness (QED) is 0.297. The molecule has 28 heavy (non-hydrogen) atoms. The second-order valence-electron chi connectivity index (χ2n) is 7.71. The third kappa shape index (κ3) is 5.58. The van der Waals surface area contributed by atoms with Crippen LogP contribution in [0.3, 0.4) is 0 Å². The second-order valence-corrected chi connectivity index (χ2v) is 19.3. The number of unbranched alkanes of at least 4 members (excludes halogenated alkanes) is 3. The van der Waals surface area contributed by atoms with Gasteiger partial charge in [-0.05, 0) is 0 Å². The molecular weight excluding hydrogens is 461 g/mol. The maximum atomic E-state index is 12.8. The average Bonchev–Trinajstić information content (AvgIpc) is 2.94. The van der Waals surface area contributed by atoms with Crippen LogP contribution in [-0.2, 0) is 7.87 Å². The molecule has 0 atom stereocenters. The van der Waals surface area contributed by atoms with Gasteiger partial charge >= 0.3 is 173 Å². The number of imide groups is 1. The van der Waals surface area contributed by atoms with Crippen molar-refractivity contribution in [2.24, 2.45) is 0 Å². The zero-order valence-electron chi connectivity index (χ0n) is 17.5. The summed E-state index contributed by atoms with van der Waals surface area (Å²) in [6.45, 7) is 6.22. The Morgan fingerprint density at radius 1 is 0.857 bits per heavy atom. The topological polar surface area (TPSA) is 63.7 Å². The van der Waals surface area contributed by atoms with Crippen molar-refractivity contribution in [1.29, 1.82) is 0 Å². The van der Waals surface area contributed by atoms with Gasteiger partial charge in [0.2, 0.25) is 0 Å². The van der Waals surface area contributed by atoms with Crippen molar-refractivity contribution in [3.05, 3.63) is 35.4 Å². The summed E-state index contributed by atoms with van der Waals surface area (Å²) in [7, 11) is 0. The Bertz CT molecular complexity index is 647. The molecule has 1 aromatic carbocycles. The number of amides is 2. The predicted octanol–water partition coefficient (Wildman–Crippen LogP) is 5.17. The van der Waals surface area contributed by atoms with Crippen LogP contribution in [0.5, 0.6) is 0 Å². The van der Waals surface area contributed by atoms with E-state index in [4.69, 9.17) is 3.07 Å². The summed E-state index contributed by atoms with van der Waals surface area (Å²) in [5, 5.41) is 0. The van der Waals surface area contributed by atoms with Gasteiger partial charge in [0, 0.05) is 0 Å². The fraction of sp³-hybridized carbons (Fsp3) is 0.591. The maximum absolute atomic E-state index is 12.8. The molecule has 0 aromatic heterocycles. The molecule has 5 nitrogen and oxygen atoms in total. The average molecular weight is 494 g/mol. The van der Waals surface area contributed by atoms with E-state index in [-0.39, 0.29) is 6.54 Å². The number of benzene rings is 1. The predicted molar refractivity (Wildman–Crippen MR) is 113 cm³/mol. The fourth-order valence-corrected chi connectivity index (χ4v) is 16.9. The monoisotopic (exact) mass is 495 g/mol. The number of carbonyl (C=O) groups excluding carboxylic acids is 3. The summed E-state index contributed by atoms with van der Waals surface area (Å²) in [5.41, 5.74) is 0.746. The zero-order valence-corrected chi connectivity index (χ0v) is 20.3. The Balaban J connectivity index is 2.12. The SMILES string of the molecule is CCC[CH2][Sn]([CH2]CCC)([CH2]CCC)[O]C(=O)CN1C(=O)c2ccccc2C1=O. The summed E-state index contributed by atoms with van der Waals surface area (Å²) in [4.78, 5) is 39.0. The van der Waals surface area contributed by atoms with Crippen LogP contribution >= 0.6 is 0 Å². The number of rotatable bonds is 12. The summed E-state index contributed by atoms with van der Waals surface area (Å²) in [5.74, 6) is -1.18. The van der Waals surface area contributed by atoms with Gasteiger partial charge in [-0.1, -0.05) is 0 Å². The molecule has 0 saturated carbocycles. The number of carbonyl (C=O) groups is 3. The normalized spacial score (nSPS) is 13.8. The van der Waals surface area contributed by atoms with E-state index in [1.165, 1.54) is 0 Å². The molecule has 0 unspecified atom stereocenters. The van der Waals surface area contributed by atoms with Crippen molar-refractivity contribution < 1.29 is 17.5 Å². The standard InChI is InChI=1S/C10H7NO4.3C4H9.Sn/c12-8(13)5-11-9(14)6-3-1-2-4-7(6)10(11)15;3*1-3-4-2;/h1-4H,5H2,(H,12,13);3*1,3-4H2,2H3;/q;;;;+1/p-1. The molecule has 0 saturated heterocycles. The molecule has 0 N–H and O–H groups in total. The van der Waals surface area contributed by atoms with Gasteiger partial charge in [-0.2, -0.15) is 0 Å². The molecule has 1 aromatic rings. The first kappa shape index (κ1) is 22.9. The Morgan fingerprint density at radius 2 is 1.29 bits per heavy atom. The molecule has 1 heterocycles. The van der Waals surface area contributed by atoms with E-state index in [2.05, 4.69) is 20.8 Å². The first-order chi connectivity index (χ1) is 13.5. The number of nitrogens with zero attached hydrogens (tertiary/aromatic N) is 1. The van der Waals surface area contributed by atoms with Crippen LogP contribution in [0, 0.1) is 0 Å². The molecule has 2 amide bonds. The summed E-state index contributed by atoms with van der Waals surface area (Å²) in [6, 6.07) is 6.73. The minimum atomic E-state index is -3.10.